The quantitative estimate of drug-likeness (QED) is 0.441. The van der Waals surface area contributed by atoms with Gasteiger partial charge in [0.05, 0.1) is 12.0 Å². The van der Waals surface area contributed by atoms with Crippen molar-refractivity contribution in [1.82, 2.24) is 9.99 Å². The SMILES string of the molecule is COc1ccc2c(ccn2Cc2ccsc2C(=O)NN)c1. The van der Waals surface area contributed by atoms with Crippen LogP contribution in [0.1, 0.15) is 15.2 Å². The van der Waals surface area contributed by atoms with E-state index in [-0.39, 0.29) is 5.91 Å². The highest BCUT2D eigenvalue weighted by molar-refractivity contribution is 7.12. The van der Waals surface area contributed by atoms with Crippen molar-refractivity contribution in [3.63, 3.8) is 0 Å². The average molecular weight is 301 g/mol. The maximum absolute atomic E-state index is 11.7. The number of carbonyl (C=O) groups is 1. The number of carbonyl (C=O) groups excluding carboxylic acids is 1. The predicted molar refractivity (Wildman–Crippen MR) is 83.6 cm³/mol. The standard InChI is InChI=1S/C15H15N3O2S/c1-20-12-2-3-13-10(8-12)4-6-18(13)9-11-5-7-21-14(11)15(19)17-16/h2-8H,9,16H2,1H3,(H,17,19). The summed E-state index contributed by atoms with van der Waals surface area (Å²) in [6, 6.07) is 9.92. The van der Waals surface area contributed by atoms with Gasteiger partial charge in [-0.05, 0) is 41.3 Å². The highest BCUT2D eigenvalue weighted by atomic mass is 32.1. The van der Waals surface area contributed by atoms with E-state index in [1.807, 2.05) is 41.9 Å². The van der Waals surface area contributed by atoms with Gasteiger partial charge < -0.3 is 9.30 Å². The molecule has 0 saturated heterocycles. The number of nitrogen functional groups attached to an aromatic ring is 1. The number of rotatable bonds is 4. The van der Waals surface area contributed by atoms with Crippen LogP contribution in [0, 0.1) is 0 Å². The number of hydrogen-bond donors (Lipinski definition) is 2. The van der Waals surface area contributed by atoms with Crippen LogP contribution < -0.4 is 16.0 Å². The van der Waals surface area contributed by atoms with Crippen LogP contribution in [0.25, 0.3) is 10.9 Å². The largest absolute Gasteiger partial charge is 0.497 e. The minimum Gasteiger partial charge on any atom is -0.497 e. The number of benzene rings is 1. The van der Waals surface area contributed by atoms with Gasteiger partial charge in [-0.25, -0.2) is 5.84 Å². The number of thiophene rings is 1. The smallest absolute Gasteiger partial charge is 0.275 e. The van der Waals surface area contributed by atoms with E-state index >= 15 is 0 Å². The van der Waals surface area contributed by atoms with E-state index in [0.717, 1.165) is 22.2 Å². The molecular weight excluding hydrogens is 286 g/mol. The second-order valence-electron chi connectivity index (χ2n) is 4.62. The van der Waals surface area contributed by atoms with Gasteiger partial charge in [-0.2, -0.15) is 0 Å². The molecule has 3 aromatic rings. The van der Waals surface area contributed by atoms with Gasteiger partial charge in [0.1, 0.15) is 5.75 Å². The Hall–Kier alpha value is -2.31. The molecule has 0 aliphatic carbocycles. The minimum atomic E-state index is -0.252. The number of fused-ring (bicyclic) bond motifs is 1. The molecule has 21 heavy (non-hydrogen) atoms. The van der Waals surface area contributed by atoms with Crippen molar-refractivity contribution >= 4 is 28.1 Å². The second-order valence-corrected chi connectivity index (χ2v) is 5.53. The third-order valence-electron chi connectivity index (χ3n) is 3.40. The van der Waals surface area contributed by atoms with Crippen LogP contribution in [0.5, 0.6) is 5.75 Å². The Morgan fingerprint density at radius 3 is 3.00 bits per heavy atom. The van der Waals surface area contributed by atoms with Crippen molar-refractivity contribution in [3.8, 4) is 5.75 Å². The van der Waals surface area contributed by atoms with Crippen LogP contribution >= 0.6 is 11.3 Å². The van der Waals surface area contributed by atoms with Crippen LogP contribution in [-0.2, 0) is 6.54 Å². The maximum atomic E-state index is 11.7. The van der Waals surface area contributed by atoms with E-state index < -0.39 is 0 Å². The molecule has 0 atom stereocenters. The molecule has 3 N–H and O–H groups in total. The molecule has 108 valence electrons. The Labute approximate surface area is 125 Å². The van der Waals surface area contributed by atoms with Crippen LogP contribution in [0.3, 0.4) is 0 Å². The first-order valence-corrected chi connectivity index (χ1v) is 7.31. The number of hydrazine groups is 1. The fourth-order valence-electron chi connectivity index (χ4n) is 2.35. The van der Waals surface area contributed by atoms with E-state index in [0.29, 0.717) is 11.4 Å². The number of methoxy groups -OCH3 is 1. The van der Waals surface area contributed by atoms with Gasteiger partial charge >= 0.3 is 0 Å². The molecule has 2 heterocycles. The van der Waals surface area contributed by atoms with E-state index in [9.17, 15) is 4.79 Å². The number of nitrogens with zero attached hydrogens (tertiary/aromatic N) is 1. The lowest BCUT2D eigenvalue weighted by molar-refractivity contribution is 0.0957. The first kappa shape index (κ1) is 13.7. The highest BCUT2D eigenvalue weighted by Gasteiger charge is 2.13. The predicted octanol–water partition coefficient (Wildman–Crippen LogP) is 2.36. The topological polar surface area (TPSA) is 69.3 Å². The summed E-state index contributed by atoms with van der Waals surface area (Å²) in [7, 11) is 1.65. The molecule has 0 aliphatic heterocycles. The molecule has 0 saturated carbocycles. The van der Waals surface area contributed by atoms with Crippen LogP contribution in [-0.4, -0.2) is 17.6 Å². The molecule has 0 spiro atoms. The molecular formula is C15H15N3O2S. The maximum Gasteiger partial charge on any atom is 0.275 e. The lowest BCUT2D eigenvalue weighted by atomic mass is 10.2. The van der Waals surface area contributed by atoms with E-state index in [1.165, 1.54) is 11.3 Å². The number of hydrogen-bond acceptors (Lipinski definition) is 4. The molecule has 5 nitrogen and oxygen atoms in total. The zero-order chi connectivity index (χ0) is 14.8. The van der Waals surface area contributed by atoms with Gasteiger partial charge in [0.25, 0.3) is 5.91 Å². The Balaban J connectivity index is 1.95. The van der Waals surface area contributed by atoms with Crippen LogP contribution in [0.2, 0.25) is 0 Å². The van der Waals surface area contributed by atoms with Gasteiger partial charge in [-0.1, -0.05) is 0 Å². The molecule has 0 unspecified atom stereocenters. The van der Waals surface area contributed by atoms with E-state index in [1.54, 1.807) is 7.11 Å². The minimum absolute atomic E-state index is 0.252. The number of nitrogens with two attached hydrogens (primary N) is 1. The third-order valence-corrected chi connectivity index (χ3v) is 4.36. The van der Waals surface area contributed by atoms with Gasteiger partial charge in [-0.15, -0.1) is 11.3 Å². The average Bonchev–Trinajstić information content (AvgIpc) is 3.13. The van der Waals surface area contributed by atoms with Crippen molar-refractivity contribution in [1.29, 1.82) is 0 Å². The molecule has 1 aromatic carbocycles. The molecule has 0 radical (unpaired) electrons. The number of nitrogens with one attached hydrogen (secondary N) is 1. The fraction of sp³-hybridized carbons (Fsp3) is 0.133. The van der Waals surface area contributed by atoms with Crippen molar-refractivity contribution in [2.24, 2.45) is 5.84 Å². The Morgan fingerprint density at radius 1 is 1.38 bits per heavy atom. The number of aromatic nitrogens is 1. The Morgan fingerprint density at radius 2 is 2.24 bits per heavy atom. The monoisotopic (exact) mass is 301 g/mol. The van der Waals surface area contributed by atoms with Crippen LogP contribution in [0.15, 0.2) is 41.9 Å². The fourth-order valence-corrected chi connectivity index (χ4v) is 3.17. The van der Waals surface area contributed by atoms with Gasteiger partial charge in [-0.3, -0.25) is 10.2 Å². The zero-order valence-corrected chi connectivity index (χ0v) is 12.3. The van der Waals surface area contributed by atoms with Gasteiger partial charge in [0, 0.05) is 23.6 Å². The molecule has 2 aromatic heterocycles. The summed E-state index contributed by atoms with van der Waals surface area (Å²) in [6.07, 6.45) is 2.01. The summed E-state index contributed by atoms with van der Waals surface area (Å²) in [4.78, 5) is 12.4. The summed E-state index contributed by atoms with van der Waals surface area (Å²) in [6.45, 7) is 0.627. The first-order chi connectivity index (χ1) is 10.2. The first-order valence-electron chi connectivity index (χ1n) is 6.43. The summed E-state index contributed by atoms with van der Waals surface area (Å²) < 4.78 is 7.33. The molecule has 0 fully saturated rings. The lowest BCUT2D eigenvalue weighted by Gasteiger charge is -2.07. The molecule has 1 amide bonds. The molecule has 0 bridgehead atoms. The summed E-state index contributed by atoms with van der Waals surface area (Å²) in [5.41, 5.74) is 4.24. The summed E-state index contributed by atoms with van der Waals surface area (Å²) in [5.74, 6) is 5.80. The Kier molecular flexibility index (Phi) is 3.64. The Bertz CT molecular complexity index is 791. The zero-order valence-electron chi connectivity index (χ0n) is 11.5. The van der Waals surface area contributed by atoms with Crippen molar-refractivity contribution < 1.29 is 9.53 Å². The molecule has 0 aliphatic rings. The van der Waals surface area contributed by atoms with E-state index in [2.05, 4.69) is 9.99 Å². The summed E-state index contributed by atoms with van der Waals surface area (Å²) in [5, 5.41) is 3.00. The molecule has 3 rings (SSSR count). The lowest BCUT2D eigenvalue weighted by Crippen LogP contribution is -2.30. The summed E-state index contributed by atoms with van der Waals surface area (Å²) >= 11 is 1.39. The molecule has 6 heteroatoms. The van der Waals surface area contributed by atoms with Crippen molar-refractivity contribution in [2.45, 2.75) is 6.54 Å². The van der Waals surface area contributed by atoms with E-state index in [4.69, 9.17) is 10.6 Å². The van der Waals surface area contributed by atoms with Crippen molar-refractivity contribution in [3.05, 3.63) is 52.3 Å². The number of ether oxygens (including phenoxy) is 1. The number of amides is 1. The second kappa shape index (κ2) is 5.59. The van der Waals surface area contributed by atoms with Gasteiger partial charge in [0.2, 0.25) is 0 Å². The normalized spacial score (nSPS) is 10.8. The van der Waals surface area contributed by atoms with Crippen LogP contribution in [0.4, 0.5) is 0 Å². The third kappa shape index (κ3) is 2.51. The van der Waals surface area contributed by atoms with Gasteiger partial charge in [0.15, 0.2) is 0 Å². The highest BCUT2D eigenvalue weighted by Crippen LogP contribution is 2.24. The van der Waals surface area contributed by atoms with Crippen molar-refractivity contribution in [2.75, 3.05) is 7.11 Å².